The Balaban J connectivity index is 0.00000289. The molecule has 1 N–H and O–H groups in total. The highest BCUT2D eigenvalue weighted by atomic mass is 35.5. The minimum Gasteiger partial charge on any atom is -0.378 e. The third kappa shape index (κ3) is 4.94. The van der Waals surface area contributed by atoms with Crippen LogP contribution in [0.25, 0.3) is 0 Å². The zero-order chi connectivity index (χ0) is 12.8. The van der Waals surface area contributed by atoms with Crippen molar-refractivity contribution in [1.29, 1.82) is 0 Å². The summed E-state index contributed by atoms with van der Waals surface area (Å²) in [6.07, 6.45) is 0. The number of rotatable bonds is 5. The highest BCUT2D eigenvalue weighted by Gasteiger charge is 2.08. The second-order valence-electron chi connectivity index (χ2n) is 4.34. The second-order valence-corrected chi connectivity index (χ2v) is 4.34. The Morgan fingerprint density at radius 2 is 1.94 bits per heavy atom. The van der Waals surface area contributed by atoms with E-state index in [1.165, 1.54) is 0 Å². The molecule has 5 heteroatoms. The lowest BCUT2D eigenvalue weighted by Gasteiger charge is -2.19. The molecular formula is C13H22ClN3O. The largest absolute Gasteiger partial charge is 0.378 e. The standard InChI is InChI=1S/C13H21N3O.ClH/c1-14-9-13(17)16(4)10-11-6-5-7-12(8-11)15(2)3;/h5-8,14H,9-10H2,1-4H3;1H. The summed E-state index contributed by atoms with van der Waals surface area (Å²) < 4.78 is 0. The first kappa shape index (κ1) is 16.7. The first-order chi connectivity index (χ1) is 8.04. The number of benzene rings is 1. The minimum absolute atomic E-state index is 0. The molecule has 1 aromatic rings. The molecule has 0 fully saturated rings. The lowest BCUT2D eigenvalue weighted by atomic mass is 10.2. The number of halogens is 1. The number of likely N-dealkylation sites (N-methyl/N-ethyl adjacent to an activating group) is 2. The molecule has 0 spiro atoms. The van der Waals surface area contributed by atoms with Gasteiger partial charge in [-0.3, -0.25) is 4.79 Å². The Morgan fingerprint density at radius 1 is 1.28 bits per heavy atom. The fourth-order valence-corrected chi connectivity index (χ4v) is 1.58. The smallest absolute Gasteiger partial charge is 0.236 e. The van der Waals surface area contributed by atoms with Gasteiger partial charge in [0.1, 0.15) is 0 Å². The number of nitrogens with one attached hydrogen (secondary N) is 1. The molecule has 0 atom stereocenters. The van der Waals surface area contributed by atoms with Crippen LogP contribution in [0.3, 0.4) is 0 Å². The van der Waals surface area contributed by atoms with Crippen LogP contribution < -0.4 is 10.2 Å². The van der Waals surface area contributed by atoms with Gasteiger partial charge >= 0.3 is 0 Å². The molecule has 4 nitrogen and oxygen atoms in total. The maximum Gasteiger partial charge on any atom is 0.236 e. The third-order valence-corrected chi connectivity index (χ3v) is 2.60. The number of carbonyl (C=O) groups excluding carboxylic acids is 1. The van der Waals surface area contributed by atoms with E-state index in [-0.39, 0.29) is 18.3 Å². The number of carbonyl (C=O) groups is 1. The van der Waals surface area contributed by atoms with Gasteiger partial charge in [-0.2, -0.15) is 0 Å². The van der Waals surface area contributed by atoms with E-state index in [9.17, 15) is 4.79 Å². The first-order valence-electron chi connectivity index (χ1n) is 5.69. The van der Waals surface area contributed by atoms with E-state index in [0.717, 1.165) is 11.3 Å². The zero-order valence-electron chi connectivity index (χ0n) is 11.4. The molecule has 0 radical (unpaired) electrons. The van der Waals surface area contributed by atoms with Gasteiger partial charge in [-0.1, -0.05) is 12.1 Å². The minimum atomic E-state index is 0. The normalized spacial score (nSPS) is 9.56. The zero-order valence-corrected chi connectivity index (χ0v) is 12.3. The molecule has 0 unspecified atom stereocenters. The molecule has 0 aliphatic rings. The molecule has 0 aliphatic carbocycles. The summed E-state index contributed by atoms with van der Waals surface area (Å²) in [6, 6.07) is 8.21. The van der Waals surface area contributed by atoms with E-state index in [4.69, 9.17) is 0 Å². The molecule has 1 rings (SSSR count). The maximum absolute atomic E-state index is 11.6. The predicted octanol–water partition coefficient (Wildman–Crippen LogP) is 1.35. The Labute approximate surface area is 115 Å². The highest BCUT2D eigenvalue weighted by Crippen LogP contribution is 2.14. The molecule has 1 aromatic carbocycles. The summed E-state index contributed by atoms with van der Waals surface area (Å²) in [5, 5.41) is 2.86. The fourth-order valence-electron chi connectivity index (χ4n) is 1.58. The predicted molar refractivity (Wildman–Crippen MR) is 78.4 cm³/mol. The summed E-state index contributed by atoms with van der Waals surface area (Å²) in [4.78, 5) is 15.4. The number of anilines is 1. The monoisotopic (exact) mass is 271 g/mol. The van der Waals surface area contributed by atoms with Crippen molar-refractivity contribution in [2.24, 2.45) is 0 Å². The lowest BCUT2D eigenvalue weighted by Crippen LogP contribution is -2.33. The molecule has 1 amide bonds. The van der Waals surface area contributed by atoms with Gasteiger partial charge in [0, 0.05) is 33.4 Å². The van der Waals surface area contributed by atoms with E-state index >= 15 is 0 Å². The summed E-state index contributed by atoms with van der Waals surface area (Å²) in [7, 11) is 7.62. The molecule has 0 heterocycles. The van der Waals surface area contributed by atoms with Crippen LogP contribution in [0.1, 0.15) is 5.56 Å². The van der Waals surface area contributed by atoms with Crippen LogP contribution in [-0.4, -0.2) is 45.5 Å². The van der Waals surface area contributed by atoms with Gasteiger partial charge in [0.25, 0.3) is 0 Å². The van der Waals surface area contributed by atoms with Gasteiger partial charge in [0.05, 0.1) is 6.54 Å². The molecule has 102 valence electrons. The number of hydrogen-bond donors (Lipinski definition) is 1. The van der Waals surface area contributed by atoms with Crippen LogP contribution in [-0.2, 0) is 11.3 Å². The highest BCUT2D eigenvalue weighted by molar-refractivity contribution is 5.85. The van der Waals surface area contributed by atoms with Crippen LogP contribution >= 0.6 is 12.4 Å². The van der Waals surface area contributed by atoms with Gasteiger partial charge in [-0.25, -0.2) is 0 Å². The Kier molecular flexibility index (Phi) is 7.39. The third-order valence-electron chi connectivity index (χ3n) is 2.60. The van der Waals surface area contributed by atoms with Crippen molar-refractivity contribution >= 4 is 24.0 Å². The van der Waals surface area contributed by atoms with Crippen LogP contribution in [0.2, 0.25) is 0 Å². The van der Waals surface area contributed by atoms with Gasteiger partial charge in [0.2, 0.25) is 5.91 Å². The van der Waals surface area contributed by atoms with Crippen molar-refractivity contribution in [2.75, 3.05) is 39.6 Å². The molecule has 0 aromatic heterocycles. The van der Waals surface area contributed by atoms with E-state index < -0.39 is 0 Å². The molecule has 0 bridgehead atoms. The van der Waals surface area contributed by atoms with E-state index in [1.807, 2.05) is 33.3 Å². The van der Waals surface area contributed by atoms with Crippen molar-refractivity contribution in [2.45, 2.75) is 6.54 Å². The number of amides is 1. The summed E-state index contributed by atoms with van der Waals surface area (Å²) in [6.45, 7) is 1.02. The van der Waals surface area contributed by atoms with Crippen molar-refractivity contribution in [1.82, 2.24) is 10.2 Å². The lowest BCUT2D eigenvalue weighted by molar-refractivity contribution is -0.129. The topological polar surface area (TPSA) is 35.6 Å². The molecular weight excluding hydrogens is 250 g/mol. The van der Waals surface area contributed by atoms with E-state index in [0.29, 0.717) is 13.1 Å². The Morgan fingerprint density at radius 3 is 2.50 bits per heavy atom. The summed E-state index contributed by atoms with van der Waals surface area (Å²) in [5.74, 6) is 0.0998. The average Bonchev–Trinajstić information content (AvgIpc) is 2.29. The van der Waals surface area contributed by atoms with Crippen molar-refractivity contribution < 1.29 is 4.79 Å². The van der Waals surface area contributed by atoms with Gasteiger partial charge in [0.15, 0.2) is 0 Å². The molecule has 18 heavy (non-hydrogen) atoms. The van der Waals surface area contributed by atoms with Crippen LogP contribution in [0.15, 0.2) is 24.3 Å². The number of hydrogen-bond acceptors (Lipinski definition) is 3. The fraction of sp³-hybridized carbons (Fsp3) is 0.462. The second kappa shape index (κ2) is 7.95. The van der Waals surface area contributed by atoms with E-state index in [1.54, 1.807) is 11.9 Å². The van der Waals surface area contributed by atoms with Crippen LogP contribution in [0.4, 0.5) is 5.69 Å². The summed E-state index contributed by atoms with van der Waals surface area (Å²) >= 11 is 0. The van der Waals surface area contributed by atoms with Crippen molar-refractivity contribution in [3.8, 4) is 0 Å². The van der Waals surface area contributed by atoms with Gasteiger partial charge < -0.3 is 15.1 Å². The van der Waals surface area contributed by atoms with E-state index in [2.05, 4.69) is 22.3 Å². The Bertz CT molecular complexity index is 382. The quantitative estimate of drug-likeness (QED) is 0.878. The maximum atomic E-state index is 11.6. The SMILES string of the molecule is CNCC(=O)N(C)Cc1cccc(N(C)C)c1.Cl. The number of nitrogens with zero attached hydrogens (tertiary/aromatic N) is 2. The average molecular weight is 272 g/mol. The molecule has 0 saturated carbocycles. The molecule has 0 aliphatic heterocycles. The van der Waals surface area contributed by atoms with Gasteiger partial charge in [-0.15, -0.1) is 12.4 Å². The first-order valence-corrected chi connectivity index (χ1v) is 5.69. The van der Waals surface area contributed by atoms with Crippen molar-refractivity contribution in [3.63, 3.8) is 0 Å². The summed E-state index contributed by atoms with van der Waals surface area (Å²) in [5.41, 5.74) is 2.29. The van der Waals surface area contributed by atoms with Crippen LogP contribution in [0.5, 0.6) is 0 Å². The van der Waals surface area contributed by atoms with Gasteiger partial charge in [-0.05, 0) is 24.7 Å². The molecule has 0 saturated heterocycles. The van der Waals surface area contributed by atoms with Crippen LogP contribution in [0, 0.1) is 0 Å². The van der Waals surface area contributed by atoms with Crippen molar-refractivity contribution in [3.05, 3.63) is 29.8 Å². The Hall–Kier alpha value is -1.26.